The second kappa shape index (κ2) is 7.25. The molecule has 0 saturated carbocycles. The molecule has 1 heterocycles. The highest BCUT2D eigenvalue weighted by Gasteiger charge is 2.11. The largest absolute Gasteiger partial charge is 0.344 e. The van der Waals surface area contributed by atoms with Crippen LogP contribution in [0.25, 0.3) is 0 Å². The van der Waals surface area contributed by atoms with Gasteiger partial charge in [0, 0.05) is 17.1 Å². The van der Waals surface area contributed by atoms with E-state index < -0.39 is 0 Å². The van der Waals surface area contributed by atoms with Crippen LogP contribution in [0.3, 0.4) is 0 Å². The molecule has 0 spiro atoms. The third kappa shape index (κ3) is 4.19. The first-order valence-corrected chi connectivity index (χ1v) is 8.48. The van der Waals surface area contributed by atoms with Crippen LogP contribution in [0.15, 0.2) is 30.3 Å². The Kier molecular flexibility index (Phi) is 5.62. The summed E-state index contributed by atoms with van der Waals surface area (Å²) in [6, 6.07) is 10.2. The van der Waals surface area contributed by atoms with Crippen LogP contribution in [-0.4, -0.2) is 16.6 Å². The van der Waals surface area contributed by atoms with Gasteiger partial charge in [-0.2, -0.15) is 0 Å². The quantitative estimate of drug-likeness (QED) is 0.768. The highest BCUT2D eigenvalue weighted by molar-refractivity contribution is 7.80. The van der Waals surface area contributed by atoms with Crippen LogP contribution in [0.2, 0.25) is 4.34 Å². The first kappa shape index (κ1) is 16.3. The smallest absolute Gasteiger partial charge is 0.173 e. The molecule has 0 unspecified atom stereocenters. The molecule has 0 radical (unpaired) electrons. The summed E-state index contributed by atoms with van der Waals surface area (Å²) < 4.78 is 0.814. The molecule has 1 N–H and O–H groups in total. The van der Waals surface area contributed by atoms with Crippen molar-refractivity contribution in [3.63, 3.8) is 0 Å². The average molecular weight is 339 g/mol. The molecule has 1 aromatic carbocycles. The number of anilines is 1. The molecule has 112 valence electrons. The fourth-order valence-corrected chi connectivity index (χ4v) is 3.44. The number of hydrogen-bond acceptors (Lipinski definition) is 2. The predicted octanol–water partition coefficient (Wildman–Crippen LogP) is 5.24. The number of aryl methyl sites for hydroxylation is 1. The number of thiophene rings is 1. The molecule has 5 heteroatoms. The van der Waals surface area contributed by atoms with E-state index >= 15 is 0 Å². The summed E-state index contributed by atoms with van der Waals surface area (Å²) in [4.78, 5) is 3.35. The van der Waals surface area contributed by atoms with Gasteiger partial charge in [-0.25, -0.2) is 0 Å². The summed E-state index contributed by atoms with van der Waals surface area (Å²) in [7, 11) is 0. The van der Waals surface area contributed by atoms with Gasteiger partial charge in [0.2, 0.25) is 0 Å². The van der Waals surface area contributed by atoms with Crippen molar-refractivity contribution in [2.45, 2.75) is 27.3 Å². The average Bonchev–Trinajstić information content (AvgIpc) is 2.86. The summed E-state index contributed by atoms with van der Waals surface area (Å²) in [6.45, 7) is 7.95. The number of thiocarbonyl (C=S) groups is 1. The maximum absolute atomic E-state index is 5.99. The van der Waals surface area contributed by atoms with Crippen LogP contribution in [0.1, 0.15) is 22.9 Å². The Hall–Kier alpha value is -1.10. The van der Waals surface area contributed by atoms with Crippen LogP contribution in [0.4, 0.5) is 5.69 Å². The molecule has 0 fully saturated rings. The molecular formula is C16H19ClN2S2. The normalized spacial score (nSPS) is 10.5. The van der Waals surface area contributed by atoms with E-state index in [-0.39, 0.29) is 0 Å². The Morgan fingerprint density at radius 1 is 1.29 bits per heavy atom. The SMILES string of the molecule is CCN(Cc1ccc(Cl)s1)C(=S)Nc1cccc(C)c1C. The summed E-state index contributed by atoms with van der Waals surface area (Å²) in [6.07, 6.45) is 0. The Morgan fingerprint density at radius 2 is 2.05 bits per heavy atom. The van der Waals surface area contributed by atoms with E-state index in [4.69, 9.17) is 23.8 Å². The van der Waals surface area contributed by atoms with E-state index in [2.05, 4.69) is 49.2 Å². The van der Waals surface area contributed by atoms with Gasteiger partial charge in [-0.1, -0.05) is 23.7 Å². The maximum Gasteiger partial charge on any atom is 0.173 e. The zero-order valence-corrected chi connectivity index (χ0v) is 14.8. The van der Waals surface area contributed by atoms with Crippen molar-refractivity contribution in [3.8, 4) is 0 Å². The van der Waals surface area contributed by atoms with Gasteiger partial charge in [0.1, 0.15) is 0 Å². The van der Waals surface area contributed by atoms with Gasteiger partial charge >= 0.3 is 0 Å². The van der Waals surface area contributed by atoms with Gasteiger partial charge in [-0.15, -0.1) is 11.3 Å². The predicted molar refractivity (Wildman–Crippen MR) is 97.5 cm³/mol. The van der Waals surface area contributed by atoms with E-state index in [1.807, 2.05) is 12.1 Å². The molecule has 0 aliphatic rings. The number of hydrogen-bond donors (Lipinski definition) is 1. The number of nitrogens with one attached hydrogen (secondary N) is 1. The lowest BCUT2D eigenvalue weighted by Gasteiger charge is -2.24. The monoisotopic (exact) mass is 338 g/mol. The molecule has 21 heavy (non-hydrogen) atoms. The van der Waals surface area contributed by atoms with Crippen LogP contribution < -0.4 is 5.32 Å². The Balaban J connectivity index is 2.08. The van der Waals surface area contributed by atoms with Crippen LogP contribution >= 0.6 is 35.2 Å². The van der Waals surface area contributed by atoms with Gasteiger partial charge in [0.25, 0.3) is 0 Å². The minimum Gasteiger partial charge on any atom is -0.344 e. The van der Waals surface area contributed by atoms with Crippen molar-refractivity contribution in [3.05, 3.63) is 50.7 Å². The molecule has 0 aliphatic heterocycles. The molecule has 0 bridgehead atoms. The minimum absolute atomic E-state index is 0.746. The standard InChI is InChI=1S/C16H19ClN2S2/c1-4-19(10-13-8-9-15(17)21-13)16(20)18-14-7-5-6-11(2)12(14)3/h5-9H,4,10H2,1-3H3,(H,18,20). The van der Waals surface area contributed by atoms with Crippen molar-refractivity contribution in [2.75, 3.05) is 11.9 Å². The molecule has 2 nitrogen and oxygen atoms in total. The molecule has 0 aliphatic carbocycles. The summed E-state index contributed by atoms with van der Waals surface area (Å²) in [5.41, 5.74) is 3.56. The lowest BCUT2D eigenvalue weighted by Crippen LogP contribution is -2.34. The van der Waals surface area contributed by atoms with Crippen molar-refractivity contribution in [1.82, 2.24) is 4.90 Å². The van der Waals surface area contributed by atoms with Gasteiger partial charge in [-0.3, -0.25) is 0 Å². The van der Waals surface area contributed by atoms with E-state index in [1.54, 1.807) is 11.3 Å². The molecule has 0 atom stereocenters. The summed E-state index contributed by atoms with van der Waals surface area (Å²) in [5, 5.41) is 4.10. The fraction of sp³-hybridized carbons (Fsp3) is 0.312. The lowest BCUT2D eigenvalue weighted by molar-refractivity contribution is 0.446. The second-order valence-electron chi connectivity index (χ2n) is 4.90. The topological polar surface area (TPSA) is 15.3 Å². The molecule has 0 amide bonds. The van der Waals surface area contributed by atoms with E-state index in [9.17, 15) is 0 Å². The third-order valence-electron chi connectivity index (χ3n) is 3.49. The molecule has 2 aromatic rings. The van der Waals surface area contributed by atoms with Crippen LogP contribution in [0.5, 0.6) is 0 Å². The van der Waals surface area contributed by atoms with Crippen LogP contribution in [-0.2, 0) is 6.54 Å². The molecule has 0 saturated heterocycles. The summed E-state index contributed by atoms with van der Waals surface area (Å²) >= 11 is 13.1. The Morgan fingerprint density at radius 3 is 2.67 bits per heavy atom. The van der Waals surface area contributed by atoms with Crippen molar-refractivity contribution in [1.29, 1.82) is 0 Å². The zero-order chi connectivity index (χ0) is 15.4. The molecule has 1 aromatic heterocycles. The highest BCUT2D eigenvalue weighted by atomic mass is 35.5. The molecule has 2 rings (SSSR count). The first-order chi connectivity index (χ1) is 10.0. The third-order valence-corrected chi connectivity index (χ3v) is 5.07. The number of nitrogens with zero attached hydrogens (tertiary/aromatic N) is 1. The zero-order valence-electron chi connectivity index (χ0n) is 12.4. The maximum atomic E-state index is 5.99. The van der Waals surface area contributed by atoms with E-state index in [1.165, 1.54) is 16.0 Å². The minimum atomic E-state index is 0.746. The second-order valence-corrected chi connectivity index (χ2v) is 7.08. The lowest BCUT2D eigenvalue weighted by atomic mass is 10.1. The van der Waals surface area contributed by atoms with Gasteiger partial charge < -0.3 is 10.2 Å². The van der Waals surface area contributed by atoms with Gasteiger partial charge in [-0.05, 0) is 62.3 Å². The van der Waals surface area contributed by atoms with E-state index in [0.29, 0.717) is 0 Å². The number of halogens is 1. The van der Waals surface area contributed by atoms with Crippen molar-refractivity contribution < 1.29 is 0 Å². The Bertz CT molecular complexity index is 637. The number of benzene rings is 1. The van der Waals surface area contributed by atoms with Crippen LogP contribution in [0, 0.1) is 13.8 Å². The highest BCUT2D eigenvalue weighted by Crippen LogP contribution is 2.23. The first-order valence-electron chi connectivity index (χ1n) is 6.87. The van der Waals surface area contributed by atoms with Gasteiger partial charge in [0.05, 0.1) is 10.9 Å². The van der Waals surface area contributed by atoms with Crippen molar-refractivity contribution >= 4 is 46.0 Å². The van der Waals surface area contributed by atoms with Crippen molar-refractivity contribution in [2.24, 2.45) is 0 Å². The van der Waals surface area contributed by atoms with Gasteiger partial charge in [0.15, 0.2) is 5.11 Å². The molecular weight excluding hydrogens is 320 g/mol. The number of rotatable bonds is 4. The fourth-order valence-electron chi connectivity index (χ4n) is 2.03. The Labute approximate surface area is 140 Å². The summed E-state index contributed by atoms with van der Waals surface area (Å²) in [5.74, 6) is 0. The van der Waals surface area contributed by atoms with E-state index in [0.717, 1.165) is 28.2 Å².